The Morgan fingerprint density at radius 3 is 2.13 bits per heavy atom. The van der Waals surface area contributed by atoms with E-state index in [1.807, 2.05) is 0 Å². The molecule has 0 heterocycles. The van der Waals surface area contributed by atoms with Crippen molar-refractivity contribution < 1.29 is 23.3 Å². The van der Waals surface area contributed by atoms with Crippen LogP contribution in [0, 0.1) is 6.92 Å². The van der Waals surface area contributed by atoms with Crippen molar-refractivity contribution in [2.45, 2.75) is 11.8 Å². The van der Waals surface area contributed by atoms with Gasteiger partial charge in [0.15, 0.2) is 0 Å². The van der Waals surface area contributed by atoms with E-state index in [4.69, 9.17) is 5.11 Å². The standard InChI is InChI=1S/C8H9O5PS/c1-6-2-4-7(5-3-6)15(12,13)8(9)14(10)11/h2-5,9H,1H3,(H,10,11)/p-1. The molecule has 1 rings (SSSR count). The van der Waals surface area contributed by atoms with Crippen LogP contribution in [0.25, 0.3) is 0 Å². The number of hydrogen-bond donors (Lipinski definition) is 1. The lowest BCUT2D eigenvalue weighted by Gasteiger charge is -2.05. The van der Waals surface area contributed by atoms with E-state index < -0.39 is 22.6 Å². The summed E-state index contributed by atoms with van der Waals surface area (Å²) < 4.78 is 22.8. The van der Waals surface area contributed by atoms with Crippen molar-refractivity contribution in [1.82, 2.24) is 0 Å². The van der Waals surface area contributed by atoms with Gasteiger partial charge in [-0.1, -0.05) is 17.7 Å². The maximum absolute atomic E-state index is 11.4. The maximum Gasteiger partial charge on any atom is 0.336 e. The minimum atomic E-state index is -4.28. The summed E-state index contributed by atoms with van der Waals surface area (Å²) in [4.78, 5) is 18.9. The van der Waals surface area contributed by atoms with Crippen molar-refractivity contribution >= 4 is 22.6 Å². The molecule has 0 amide bonds. The van der Waals surface area contributed by atoms with Gasteiger partial charge in [0, 0.05) is 0 Å². The molecule has 1 N–H and O–H groups in total. The highest BCUT2D eigenvalue weighted by molar-refractivity contribution is 8.11. The highest BCUT2D eigenvalue weighted by Crippen LogP contribution is 2.16. The van der Waals surface area contributed by atoms with Crippen LogP contribution in [-0.2, 0) is 9.84 Å². The monoisotopic (exact) mass is 247 g/mol. The Morgan fingerprint density at radius 1 is 1.27 bits per heavy atom. The molecule has 0 fully saturated rings. The van der Waals surface area contributed by atoms with E-state index in [2.05, 4.69) is 0 Å². The van der Waals surface area contributed by atoms with Crippen molar-refractivity contribution in [3.8, 4) is 0 Å². The molecule has 0 aliphatic heterocycles. The second kappa shape index (κ2) is 4.38. The van der Waals surface area contributed by atoms with E-state index in [-0.39, 0.29) is 4.90 Å². The topological polar surface area (TPSA) is 100 Å². The van der Waals surface area contributed by atoms with Gasteiger partial charge in [-0.3, -0.25) is 0 Å². The third-order valence-electron chi connectivity index (χ3n) is 1.73. The second-order valence-electron chi connectivity index (χ2n) is 2.86. The van der Waals surface area contributed by atoms with Gasteiger partial charge in [0.05, 0.1) is 12.9 Å². The first-order valence-corrected chi connectivity index (χ1v) is 6.54. The molecule has 1 aromatic rings. The minimum absolute atomic E-state index is 0.246. The Kier molecular flexibility index (Phi) is 3.59. The third-order valence-corrected chi connectivity index (χ3v) is 4.58. The van der Waals surface area contributed by atoms with Crippen LogP contribution in [0.3, 0.4) is 0 Å². The Bertz CT molecular complexity index is 484. The normalized spacial score (nSPS) is 11.2. The molecule has 15 heavy (non-hydrogen) atoms. The summed E-state index contributed by atoms with van der Waals surface area (Å²) in [6.07, 6.45) is 0. The highest BCUT2D eigenvalue weighted by atomic mass is 32.2. The zero-order valence-corrected chi connectivity index (χ0v) is 9.46. The molecule has 7 heteroatoms. The summed E-state index contributed by atoms with van der Waals surface area (Å²) in [5, 5.41) is 8.91. The number of aliphatic hydroxyl groups excluding tert-OH is 1. The summed E-state index contributed by atoms with van der Waals surface area (Å²) in [7, 11) is -7.78. The van der Waals surface area contributed by atoms with Crippen LogP contribution in [0.15, 0.2) is 29.2 Å². The molecular formula is C8H8O5PS-. The van der Waals surface area contributed by atoms with Crippen molar-refractivity contribution in [2.75, 3.05) is 0 Å². The van der Waals surface area contributed by atoms with Gasteiger partial charge >= 0.3 is 4.81 Å². The highest BCUT2D eigenvalue weighted by Gasteiger charge is 2.24. The predicted octanol–water partition coefficient (Wildman–Crippen LogP) is -0.739. The summed E-state index contributed by atoms with van der Waals surface area (Å²) >= 11 is 0. The molecule has 0 atom stereocenters. The lowest BCUT2D eigenvalue weighted by Crippen LogP contribution is -2.20. The second-order valence-corrected chi connectivity index (χ2v) is 5.96. The van der Waals surface area contributed by atoms with Crippen molar-refractivity contribution in [1.29, 1.82) is 0 Å². The van der Waals surface area contributed by atoms with Crippen molar-refractivity contribution in [2.24, 2.45) is 0 Å². The van der Waals surface area contributed by atoms with Gasteiger partial charge in [-0.2, -0.15) is 0 Å². The van der Waals surface area contributed by atoms with Gasteiger partial charge in [0.25, 0.3) is 9.84 Å². The van der Waals surface area contributed by atoms with Crippen LogP contribution >= 0.6 is 8.00 Å². The quantitative estimate of drug-likeness (QED) is 0.694. The van der Waals surface area contributed by atoms with Gasteiger partial charge in [-0.25, -0.2) is 8.42 Å². The molecule has 0 aliphatic rings. The number of hydrogen-bond acceptors (Lipinski definition) is 4. The molecule has 0 spiro atoms. The van der Waals surface area contributed by atoms with Crippen LogP contribution in [0.4, 0.5) is 0 Å². The molecule has 0 aromatic heterocycles. The minimum Gasteiger partial charge on any atom is -0.631 e. The van der Waals surface area contributed by atoms with E-state index in [1.54, 1.807) is 6.92 Å². The van der Waals surface area contributed by atoms with Crippen LogP contribution in [-0.4, -0.2) is 18.3 Å². The number of benzene rings is 1. The zero-order valence-electron chi connectivity index (χ0n) is 7.75. The van der Waals surface area contributed by atoms with Gasteiger partial charge in [-0.05, 0) is 19.1 Å². The summed E-state index contributed by atoms with van der Waals surface area (Å²) in [6, 6.07) is 5.50. The van der Waals surface area contributed by atoms with Crippen molar-refractivity contribution in [3.63, 3.8) is 0 Å². The molecule has 0 saturated carbocycles. The first-order chi connectivity index (χ1) is 6.85. The number of aryl methyl sites for hydroxylation is 1. The molecule has 5 nitrogen and oxygen atoms in total. The Balaban J connectivity index is 3.31. The summed E-state index contributed by atoms with van der Waals surface area (Å²) in [5.74, 6) is 0. The van der Waals surface area contributed by atoms with E-state index in [0.717, 1.165) is 5.56 Å². The molecular weight excluding hydrogens is 239 g/mol. The fourth-order valence-electron chi connectivity index (χ4n) is 0.921. The van der Waals surface area contributed by atoms with Gasteiger partial charge < -0.3 is 14.9 Å². The molecule has 1 aromatic carbocycles. The van der Waals surface area contributed by atoms with Crippen LogP contribution < -0.4 is 9.79 Å². The number of aliphatic hydroxyl groups is 1. The largest absolute Gasteiger partial charge is 0.631 e. The average Bonchev–Trinajstić information content (AvgIpc) is 2.17. The van der Waals surface area contributed by atoms with Gasteiger partial charge in [-0.15, -0.1) is 0 Å². The van der Waals surface area contributed by atoms with Gasteiger partial charge in [0.1, 0.15) is 0 Å². The Morgan fingerprint density at radius 2 is 1.73 bits per heavy atom. The lowest BCUT2D eigenvalue weighted by atomic mass is 10.2. The first-order valence-electron chi connectivity index (χ1n) is 3.88. The SMILES string of the molecule is Cc1ccc(S(=O)(=O)C(O)=[P+]([O-])[O-])cc1. The van der Waals surface area contributed by atoms with Crippen molar-refractivity contribution in [3.05, 3.63) is 29.8 Å². The molecule has 0 unspecified atom stereocenters. The Labute approximate surface area is 88.1 Å². The number of sulfone groups is 1. The third kappa shape index (κ3) is 2.62. The van der Waals surface area contributed by atoms with E-state index in [0.29, 0.717) is 0 Å². The Hall–Kier alpha value is -0.780. The molecule has 0 aliphatic carbocycles. The average molecular weight is 247 g/mol. The van der Waals surface area contributed by atoms with Crippen LogP contribution in [0.2, 0.25) is 0 Å². The van der Waals surface area contributed by atoms with Crippen LogP contribution in [0.5, 0.6) is 0 Å². The maximum atomic E-state index is 11.4. The summed E-state index contributed by atoms with van der Waals surface area (Å²) in [6.45, 7) is 1.76. The fraction of sp³-hybridized carbons (Fsp3) is 0.125. The van der Waals surface area contributed by atoms with Gasteiger partial charge in [0.2, 0.25) is 0 Å². The smallest absolute Gasteiger partial charge is 0.336 e. The molecule has 0 saturated heterocycles. The summed E-state index contributed by atoms with van der Waals surface area (Å²) in [5.41, 5.74) is 0.833. The lowest BCUT2D eigenvalue weighted by molar-refractivity contribution is -0.281. The fourth-order valence-corrected chi connectivity index (χ4v) is 2.73. The van der Waals surface area contributed by atoms with E-state index in [1.165, 1.54) is 24.3 Å². The first kappa shape index (κ1) is 12.3. The van der Waals surface area contributed by atoms with E-state index >= 15 is 0 Å². The van der Waals surface area contributed by atoms with Crippen LogP contribution in [0.1, 0.15) is 5.56 Å². The zero-order chi connectivity index (χ0) is 11.6. The predicted molar refractivity (Wildman–Crippen MR) is 52.2 cm³/mol. The molecule has 82 valence electrons. The van der Waals surface area contributed by atoms with E-state index in [9.17, 15) is 18.2 Å². The number of rotatable bonds is 2. The molecule has 0 radical (unpaired) electrons. The molecule has 0 bridgehead atoms.